The maximum atomic E-state index is 3.90. The fraction of sp³-hybridized carbons (Fsp3) is 0. The molecule has 7 rings (SSSR count). The Morgan fingerprint density at radius 3 is 1.84 bits per heavy atom. The maximum absolute atomic E-state index is 3.90. The molecule has 0 saturated heterocycles. The van der Waals surface area contributed by atoms with E-state index in [9.17, 15) is 0 Å². The number of hydrogen-bond acceptors (Lipinski definition) is 1. The molecule has 0 unspecified atom stereocenters. The molecular formula is C30H17BrS. The zero-order valence-electron chi connectivity index (χ0n) is 17.1. The molecule has 0 atom stereocenters. The van der Waals surface area contributed by atoms with E-state index < -0.39 is 0 Å². The Balaban J connectivity index is 1.72. The van der Waals surface area contributed by atoms with Crippen molar-refractivity contribution >= 4 is 79.8 Å². The van der Waals surface area contributed by atoms with Crippen LogP contribution in [-0.2, 0) is 0 Å². The SMILES string of the molecule is Brc1c2ccccc2c(-c2cccc3sc4c5ccccc5ccc4c23)c2ccccc12. The Morgan fingerprint density at radius 2 is 1.12 bits per heavy atom. The van der Waals surface area contributed by atoms with Crippen LogP contribution in [0.5, 0.6) is 0 Å². The highest BCUT2D eigenvalue weighted by atomic mass is 79.9. The molecule has 1 aromatic heterocycles. The minimum Gasteiger partial charge on any atom is -0.135 e. The zero-order valence-corrected chi connectivity index (χ0v) is 19.5. The van der Waals surface area contributed by atoms with Gasteiger partial charge in [0.15, 0.2) is 0 Å². The van der Waals surface area contributed by atoms with Crippen LogP contribution in [0.25, 0.3) is 63.6 Å². The Bertz CT molecular complexity index is 1780. The van der Waals surface area contributed by atoms with Gasteiger partial charge in [0, 0.05) is 24.6 Å². The van der Waals surface area contributed by atoms with E-state index in [1.165, 1.54) is 68.1 Å². The molecule has 150 valence electrons. The first-order valence-corrected chi connectivity index (χ1v) is 12.3. The summed E-state index contributed by atoms with van der Waals surface area (Å²) < 4.78 is 3.88. The summed E-state index contributed by atoms with van der Waals surface area (Å²) in [5.74, 6) is 0. The van der Waals surface area contributed by atoms with Crippen molar-refractivity contribution in [2.45, 2.75) is 0 Å². The molecule has 0 aliphatic rings. The summed E-state index contributed by atoms with van der Waals surface area (Å²) in [7, 11) is 0. The zero-order chi connectivity index (χ0) is 21.2. The highest BCUT2D eigenvalue weighted by molar-refractivity contribution is 9.10. The Kier molecular flexibility index (Phi) is 3.96. The van der Waals surface area contributed by atoms with Crippen LogP contribution in [-0.4, -0.2) is 0 Å². The van der Waals surface area contributed by atoms with E-state index in [2.05, 4.69) is 119 Å². The molecule has 6 aromatic carbocycles. The minimum atomic E-state index is 1.17. The van der Waals surface area contributed by atoms with Gasteiger partial charge in [-0.1, -0.05) is 97.1 Å². The van der Waals surface area contributed by atoms with Crippen molar-refractivity contribution in [1.82, 2.24) is 0 Å². The lowest BCUT2D eigenvalue weighted by molar-refractivity contribution is 1.71. The minimum absolute atomic E-state index is 1.17. The van der Waals surface area contributed by atoms with Crippen LogP contribution in [0, 0.1) is 0 Å². The first-order valence-electron chi connectivity index (χ1n) is 10.7. The molecule has 1 heterocycles. The van der Waals surface area contributed by atoms with Crippen LogP contribution < -0.4 is 0 Å². The van der Waals surface area contributed by atoms with Crippen LogP contribution in [0.15, 0.2) is 108 Å². The largest absolute Gasteiger partial charge is 0.135 e. The van der Waals surface area contributed by atoms with E-state index in [1.54, 1.807) is 0 Å². The van der Waals surface area contributed by atoms with Gasteiger partial charge in [-0.15, -0.1) is 11.3 Å². The van der Waals surface area contributed by atoms with Crippen LogP contribution in [0.4, 0.5) is 0 Å². The quantitative estimate of drug-likeness (QED) is 0.201. The fourth-order valence-corrected chi connectivity index (χ4v) is 7.08. The summed E-state index contributed by atoms with van der Waals surface area (Å²) in [5.41, 5.74) is 2.63. The van der Waals surface area contributed by atoms with E-state index in [0.717, 1.165) is 0 Å². The molecule has 0 bridgehead atoms. The molecule has 0 radical (unpaired) electrons. The first-order chi connectivity index (χ1) is 15.8. The molecular weight excluding hydrogens is 472 g/mol. The lowest BCUT2D eigenvalue weighted by atomic mass is 9.89. The number of benzene rings is 6. The maximum Gasteiger partial charge on any atom is 0.0434 e. The second-order valence-electron chi connectivity index (χ2n) is 8.22. The number of fused-ring (bicyclic) bond motifs is 7. The van der Waals surface area contributed by atoms with Crippen molar-refractivity contribution < 1.29 is 0 Å². The average Bonchev–Trinajstić information content (AvgIpc) is 3.24. The monoisotopic (exact) mass is 488 g/mol. The summed E-state index contributed by atoms with van der Waals surface area (Å²) >= 11 is 5.81. The molecule has 7 aromatic rings. The Morgan fingerprint density at radius 1 is 0.500 bits per heavy atom. The van der Waals surface area contributed by atoms with Gasteiger partial charge in [-0.2, -0.15) is 0 Å². The third kappa shape index (κ3) is 2.48. The van der Waals surface area contributed by atoms with E-state index in [4.69, 9.17) is 0 Å². The lowest BCUT2D eigenvalue weighted by Crippen LogP contribution is -1.88. The number of halogens is 1. The highest BCUT2D eigenvalue weighted by Gasteiger charge is 2.18. The normalized spacial score (nSPS) is 11.9. The predicted molar refractivity (Wildman–Crippen MR) is 145 cm³/mol. The second kappa shape index (κ2) is 6.90. The van der Waals surface area contributed by atoms with Gasteiger partial charge >= 0.3 is 0 Å². The smallest absolute Gasteiger partial charge is 0.0434 e. The van der Waals surface area contributed by atoms with Crippen molar-refractivity contribution in [3.63, 3.8) is 0 Å². The summed E-state index contributed by atoms with van der Waals surface area (Å²) in [5, 5.41) is 10.4. The molecule has 0 aliphatic heterocycles. The topological polar surface area (TPSA) is 0 Å². The summed E-state index contributed by atoms with van der Waals surface area (Å²) in [4.78, 5) is 0. The molecule has 0 N–H and O–H groups in total. The van der Waals surface area contributed by atoms with Gasteiger partial charge < -0.3 is 0 Å². The average molecular weight is 489 g/mol. The Hall–Kier alpha value is -3.20. The first kappa shape index (κ1) is 18.4. The number of hydrogen-bond donors (Lipinski definition) is 0. The summed E-state index contributed by atoms with van der Waals surface area (Å²) in [6.07, 6.45) is 0. The van der Waals surface area contributed by atoms with Crippen molar-refractivity contribution in [3.8, 4) is 11.1 Å². The van der Waals surface area contributed by atoms with Crippen LogP contribution in [0.2, 0.25) is 0 Å². The summed E-state index contributed by atoms with van der Waals surface area (Å²) in [6, 6.07) is 37.5. The van der Waals surface area contributed by atoms with E-state index >= 15 is 0 Å². The third-order valence-electron chi connectivity index (χ3n) is 6.52. The standard InChI is InChI=1S/C30H17BrS/c31-29-22-12-5-3-10-20(22)27(21-11-4-6-13-23(21)29)24-14-7-15-26-28(24)25-17-16-18-8-1-2-9-19(18)30(25)32-26/h1-17H. The number of rotatable bonds is 1. The van der Waals surface area contributed by atoms with Crippen LogP contribution >= 0.6 is 27.3 Å². The lowest BCUT2D eigenvalue weighted by Gasteiger charge is -2.15. The van der Waals surface area contributed by atoms with Gasteiger partial charge in [0.05, 0.1) is 0 Å². The van der Waals surface area contributed by atoms with Crippen molar-refractivity contribution in [2.75, 3.05) is 0 Å². The second-order valence-corrected chi connectivity index (χ2v) is 10.1. The third-order valence-corrected chi connectivity index (χ3v) is 8.58. The van der Waals surface area contributed by atoms with Crippen LogP contribution in [0.1, 0.15) is 0 Å². The van der Waals surface area contributed by atoms with Crippen molar-refractivity contribution in [1.29, 1.82) is 0 Å². The van der Waals surface area contributed by atoms with Crippen LogP contribution in [0.3, 0.4) is 0 Å². The van der Waals surface area contributed by atoms with Crippen molar-refractivity contribution in [3.05, 3.63) is 108 Å². The van der Waals surface area contributed by atoms with Gasteiger partial charge in [0.1, 0.15) is 0 Å². The van der Waals surface area contributed by atoms with Gasteiger partial charge in [0.25, 0.3) is 0 Å². The molecule has 0 nitrogen and oxygen atoms in total. The van der Waals surface area contributed by atoms with Gasteiger partial charge in [0.2, 0.25) is 0 Å². The molecule has 0 amide bonds. The van der Waals surface area contributed by atoms with E-state index in [0.29, 0.717) is 0 Å². The number of thiophene rings is 1. The Labute approximate surface area is 197 Å². The van der Waals surface area contributed by atoms with Gasteiger partial charge in [-0.25, -0.2) is 0 Å². The molecule has 0 fully saturated rings. The predicted octanol–water partition coefficient (Wildman–Crippen LogP) is 9.94. The fourth-order valence-electron chi connectivity index (χ4n) is 5.13. The highest BCUT2D eigenvalue weighted by Crippen LogP contribution is 2.47. The van der Waals surface area contributed by atoms with Gasteiger partial charge in [-0.3, -0.25) is 0 Å². The summed E-state index contributed by atoms with van der Waals surface area (Å²) in [6.45, 7) is 0. The van der Waals surface area contributed by atoms with Crippen molar-refractivity contribution in [2.24, 2.45) is 0 Å². The molecule has 0 aliphatic carbocycles. The molecule has 32 heavy (non-hydrogen) atoms. The van der Waals surface area contributed by atoms with E-state index in [1.807, 2.05) is 11.3 Å². The molecule has 2 heteroatoms. The molecule has 0 spiro atoms. The van der Waals surface area contributed by atoms with Gasteiger partial charge in [-0.05, 0) is 65.4 Å². The van der Waals surface area contributed by atoms with E-state index in [-0.39, 0.29) is 0 Å². The molecule has 0 saturated carbocycles.